The minimum atomic E-state index is 0.263. The molecule has 3 aliphatic rings. The summed E-state index contributed by atoms with van der Waals surface area (Å²) in [7, 11) is 3.31. The van der Waals surface area contributed by atoms with Crippen LogP contribution in [-0.2, 0) is 16.0 Å². The van der Waals surface area contributed by atoms with E-state index in [4.69, 9.17) is 14.2 Å². The molecule has 172 valence electrons. The van der Waals surface area contributed by atoms with Gasteiger partial charge in [-0.2, -0.15) is 0 Å². The number of rotatable bonds is 7. The van der Waals surface area contributed by atoms with E-state index in [9.17, 15) is 4.79 Å². The number of likely N-dealkylation sites (tertiary alicyclic amines) is 2. The van der Waals surface area contributed by atoms with Crippen LogP contribution in [0.25, 0.3) is 0 Å². The highest BCUT2D eigenvalue weighted by atomic mass is 16.5. The molecule has 0 radical (unpaired) electrons. The van der Waals surface area contributed by atoms with Crippen molar-refractivity contribution >= 4 is 5.91 Å². The topological polar surface area (TPSA) is 51.2 Å². The standard InChI is InChI=1S/C25H38N2O4/c1-29-21-9-7-20(23(18-21)30-2)8-10-24(28)26-14-4-11-25(13-16-26)12-5-15-27(25)19-22-6-3-17-31-22/h7,9,18,22H,3-6,8,10-17,19H2,1-2H3/t22-,25-/m1/s1. The summed E-state index contributed by atoms with van der Waals surface area (Å²) < 4.78 is 16.7. The predicted molar refractivity (Wildman–Crippen MR) is 121 cm³/mol. The van der Waals surface area contributed by atoms with Gasteiger partial charge in [0.05, 0.1) is 20.3 Å². The van der Waals surface area contributed by atoms with Crippen molar-refractivity contribution < 1.29 is 19.0 Å². The molecule has 6 heteroatoms. The van der Waals surface area contributed by atoms with Gasteiger partial charge in [-0.15, -0.1) is 0 Å². The molecule has 3 heterocycles. The summed E-state index contributed by atoms with van der Waals surface area (Å²) in [6.45, 7) is 4.94. The number of benzene rings is 1. The number of carbonyl (C=O) groups excluding carboxylic acids is 1. The van der Waals surface area contributed by atoms with Gasteiger partial charge >= 0.3 is 0 Å². The molecule has 3 saturated heterocycles. The minimum absolute atomic E-state index is 0.263. The first-order chi connectivity index (χ1) is 15.1. The van der Waals surface area contributed by atoms with Gasteiger partial charge in [0.15, 0.2) is 0 Å². The first-order valence-corrected chi connectivity index (χ1v) is 12.0. The van der Waals surface area contributed by atoms with Crippen molar-refractivity contribution in [3.8, 4) is 11.5 Å². The molecule has 0 bridgehead atoms. The van der Waals surface area contributed by atoms with Crippen LogP contribution in [0.15, 0.2) is 18.2 Å². The van der Waals surface area contributed by atoms with Gasteiger partial charge in [0.25, 0.3) is 0 Å². The number of hydrogen-bond acceptors (Lipinski definition) is 5. The third-order valence-corrected chi connectivity index (χ3v) is 7.56. The number of nitrogens with zero attached hydrogens (tertiary/aromatic N) is 2. The number of ether oxygens (including phenoxy) is 3. The fourth-order valence-electron chi connectivity index (χ4n) is 5.77. The molecular formula is C25H38N2O4. The van der Waals surface area contributed by atoms with Crippen LogP contribution in [0.4, 0.5) is 0 Å². The first-order valence-electron chi connectivity index (χ1n) is 12.0. The highest BCUT2D eigenvalue weighted by Crippen LogP contribution is 2.39. The van der Waals surface area contributed by atoms with Crippen molar-refractivity contribution in [3.63, 3.8) is 0 Å². The summed E-state index contributed by atoms with van der Waals surface area (Å²) in [5, 5.41) is 0. The Morgan fingerprint density at radius 3 is 2.68 bits per heavy atom. The smallest absolute Gasteiger partial charge is 0.222 e. The summed E-state index contributed by atoms with van der Waals surface area (Å²) in [6.07, 6.45) is 9.97. The molecule has 1 aromatic rings. The van der Waals surface area contributed by atoms with E-state index < -0.39 is 0 Å². The lowest BCUT2D eigenvalue weighted by molar-refractivity contribution is -0.131. The maximum atomic E-state index is 13.0. The Morgan fingerprint density at radius 1 is 1.10 bits per heavy atom. The fraction of sp³-hybridized carbons (Fsp3) is 0.720. The monoisotopic (exact) mass is 430 g/mol. The maximum Gasteiger partial charge on any atom is 0.222 e. The van der Waals surface area contributed by atoms with Gasteiger partial charge in [-0.05, 0) is 69.5 Å². The Balaban J connectivity index is 1.32. The molecule has 0 saturated carbocycles. The SMILES string of the molecule is COc1ccc(CCC(=O)N2CCC[C@@]3(CCCN3C[C@H]3CCCO3)CC2)c(OC)c1. The third kappa shape index (κ3) is 5.17. The zero-order valence-electron chi connectivity index (χ0n) is 19.2. The molecule has 1 aromatic carbocycles. The summed E-state index contributed by atoms with van der Waals surface area (Å²) in [4.78, 5) is 17.8. The van der Waals surface area contributed by atoms with E-state index in [0.717, 1.165) is 56.1 Å². The lowest BCUT2D eigenvalue weighted by Gasteiger charge is -2.39. The number of aryl methyl sites for hydroxylation is 1. The Morgan fingerprint density at radius 2 is 1.94 bits per heavy atom. The van der Waals surface area contributed by atoms with E-state index in [1.165, 1.54) is 38.6 Å². The second-order valence-corrected chi connectivity index (χ2v) is 9.32. The molecule has 3 aliphatic heterocycles. The van der Waals surface area contributed by atoms with E-state index in [0.29, 0.717) is 18.9 Å². The molecule has 1 spiro atoms. The molecule has 0 aromatic heterocycles. The van der Waals surface area contributed by atoms with E-state index in [2.05, 4.69) is 9.80 Å². The van der Waals surface area contributed by atoms with Crippen LogP contribution in [0.3, 0.4) is 0 Å². The van der Waals surface area contributed by atoms with E-state index in [-0.39, 0.29) is 11.4 Å². The fourth-order valence-corrected chi connectivity index (χ4v) is 5.77. The number of carbonyl (C=O) groups is 1. The normalized spacial score (nSPS) is 26.9. The van der Waals surface area contributed by atoms with Crippen LogP contribution < -0.4 is 9.47 Å². The van der Waals surface area contributed by atoms with Crippen molar-refractivity contribution in [2.45, 2.75) is 69.4 Å². The van der Waals surface area contributed by atoms with Crippen molar-refractivity contribution in [2.24, 2.45) is 0 Å². The molecule has 6 nitrogen and oxygen atoms in total. The van der Waals surface area contributed by atoms with Crippen LogP contribution in [0, 0.1) is 0 Å². The Hall–Kier alpha value is -1.79. The molecule has 3 fully saturated rings. The van der Waals surface area contributed by atoms with Crippen LogP contribution >= 0.6 is 0 Å². The molecular weight excluding hydrogens is 392 g/mol. The Kier molecular flexibility index (Phi) is 7.39. The summed E-state index contributed by atoms with van der Waals surface area (Å²) in [6, 6.07) is 5.82. The van der Waals surface area contributed by atoms with Crippen molar-refractivity contribution in [1.29, 1.82) is 0 Å². The van der Waals surface area contributed by atoms with Crippen molar-refractivity contribution in [1.82, 2.24) is 9.80 Å². The van der Waals surface area contributed by atoms with Gasteiger partial charge < -0.3 is 19.1 Å². The van der Waals surface area contributed by atoms with Crippen molar-refractivity contribution in [3.05, 3.63) is 23.8 Å². The van der Waals surface area contributed by atoms with E-state index in [1.54, 1.807) is 14.2 Å². The number of amides is 1. The summed E-state index contributed by atoms with van der Waals surface area (Å²) in [5.41, 5.74) is 1.33. The van der Waals surface area contributed by atoms with Gasteiger partial charge in [0.1, 0.15) is 11.5 Å². The highest BCUT2D eigenvalue weighted by molar-refractivity contribution is 5.76. The molecule has 0 unspecified atom stereocenters. The Labute approximate surface area is 186 Å². The highest BCUT2D eigenvalue weighted by Gasteiger charge is 2.43. The molecule has 2 atom stereocenters. The summed E-state index contributed by atoms with van der Waals surface area (Å²) >= 11 is 0. The van der Waals surface area contributed by atoms with E-state index in [1.807, 2.05) is 18.2 Å². The molecule has 1 amide bonds. The predicted octanol–water partition coefficient (Wildman–Crippen LogP) is 3.66. The van der Waals surface area contributed by atoms with Crippen LogP contribution in [0.5, 0.6) is 11.5 Å². The van der Waals surface area contributed by atoms with Gasteiger partial charge in [-0.3, -0.25) is 9.69 Å². The second kappa shape index (κ2) is 10.2. The maximum absolute atomic E-state index is 13.0. The summed E-state index contributed by atoms with van der Waals surface area (Å²) in [5.74, 6) is 1.82. The zero-order chi connectivity index (χ0) is 21.7. The molecule has 0 N–H and O–H groups in total. The van der Waals surface area contributed by atoms with Crippen LogP contribution in [0.1, 0.15) is 56.9 Å². The van der Waals surface area contributed by atoms with Crippen LogP contribution in [0.2, 0.25) is 0 Å². The molecule has 4 rings (SSSR count). The zero-order valence-corrected chi connectivity index (χ0v) is 19.2. The molecule has 0 aliphatic carbocycles. The lowest BCUT2D eigenvalue weighted by atomic mass is 9.87. The lowest BCUT2D eigenvalue weighted by Crippen LogP contribution is -2.47. The number of methoxy groups -OCH3 is 2. The van der Waals surface area contributed by atoms with Gasteiger partial charge in [0.2, 0.25) is 5.91 Å². The first kappa shape index (κ1) is 22.4. The van der Waals surface area contributed by atoms with Gasteiger partial charge in [-0.25, -0.2) is 0 Å². The minimum Gasteiger partial charge on any atom is -0.497 e. The second-order valence-electron chi connectivity index (χ2n) is 9.32. The molecule has 31 heavy (non-hydrogen) atoms. The average Bonchev–Trinajstić information content (AvgIpc) is 3.39. The number of hydrogen-bond donors (Lipinski definition) is 0. The third-order valence-electron chi connectivity index (χ3n) is 7.56. The van der Waals surface area contributed by atoms with E-state index >= 15 is 0 Å². The largest absolute Gasteiger partial charge is 0.497 e. The van der Waals surface area contributed by atoms with Crippen LogP contribution in [-0.4, -0.2) is 74.4 Å². The van der Waals surface area contributed by atoms with Crippen molar-refractivity contribution in [2.75, 3.05) is 47.0 Å². The Bertz CT molecular complexity index is 749. The average molecular weight is 431 g/mol. The van der Waals surface area contributed by atoms with Gasteiger partial charge in [-0.1, -0.05) is 6.07 Å². The van der Waals surface area contributed by atoms with Gasteiger partial charge in [0, 0.05) is 44.3 Å². The quantitative estimate of drug-likeness (QED) is 0.661.